The summed E-state index contributed by atoms with van der Waals surface area (Å²) in [5, 5.41) is 7.70. The number of alkyl halides is 1. The Morgan fingerprint density at radius 1 is 1.21 bits per heavy atom. The Balaban J connectivity index is 2.53. The Kier molecular flexibility index (Phi) is 2.60. The van der Waals surface area contributed by atoms with Gasteiger partial charge in [-0.15, -0.1) is 11.6 Å². The maximum atomic E-state index is 5.61. The average molecular weight is 227 g/mol. The standard InChI is InChI=1S/C8H7ClN4S/c9-6-12-8(14)13(11-10-12)7-4-2-1-3-5-7/h1-5H,6H2. The van der Waals surface area contributed by atoms with Crippen LogP contribution in [0.2, 0.25) is 0 Å². The van der Waals surface area contributed by atoms with Gasteiger partial charge in [-0.3, -0.25) is 0 Å². The Bertz CT molecular complexity index is 476. The number of hydrogen-bond acceptors (Lipinski definition) is 3. The maximum absolute atomic E-state index is 5.61. The lowest BCUT2D eigenvalue weighted by Crippen LogP contribution is -1.97. The first-order chi connectivity index (χ1) is 6.83. The van der Waals surface area contributed by atoms with Crippen molar-refractivity contribution >= 4 is 23.8 Å². The second-order valence-electron chi connectivity index (χ2n) is 2.63. The zero-order valence-electron chi connectivity index (χ0n) is 7.17. The summed E-state index contributed by atoms with van der Waals surface area (Å²) in [6.45, 7) is 0. The molecule has 0 aliphatic heterocycles. The van der Waals surface area contributed by atoms with Gasteiger partial charge in [0.25, 0.3) is 0 Å². The van der Waals surface area contributed by atoms with Crippen LogP contribution in [0.5, 0.6) is 0 Å². The monoisotopic (exact) mass is 226 g/mol. The van der Waals surface area contributed by atoms with Gasteiger partial charge in [-0.1, -0.05) is 18.2 Å². The minimum atomic E-state index is 0.214. The molecule has 14 heavy (non-hydrogen) atoms. The number of rotatable bonds is 2. The van der Waals surface area contributed by atoms with Gasteiger partial charge >= 0.3 is 0 Å². The van der Waals surface area contributed by atoms with E-state index in [4.69, 9.17) is 23.8 Å². The molecule has 0 fully saturated rings. The first-order valence-electron chi connectivity index (χ1n) is 3.97. The Labute approximate surface area is 90.7 Å². The highest BCUT2D eigenvalue weighted by Gasteiger charge is 2.02. The first-order valence-corrected chi connectivity index (χ1v) is 4.91. The van der Waals surface area contributed by atoms with Gasteiger partial charge in [-0.25, -0.2) is 4.68 Å². The second-order valence-corrected chi connectivity index (χ2v) is 3.23. The average Bonchev–Trinajstić information content (AvgIpc) is 2.61. The number of aromatic nitrogens is 4. The molecule has 0 unspecified atom stereocenters. The van der Waals surface area contributed by atoms with Crippen molar-refractivity contribution in [1.82, 2.24) is 19.8 Å². The first kappa shape index (κ1) is 9.36. The Morgan fingerprint density at radius 2 is 1.93 bits per heavy atom. The third-order valence-electron chi connectivity index (χ3n) is 1.75. The van der Waals surface area contributed by atoms with Crippen molar-refractivity contribution in [2.45, 2.75) is 6.00 Å². The van der Waals surface area contributed by atoms with Crippen LogP contribution in [0.3, 0.4) is 0 Å². The van der Waals surface area contributed by atoms with Gasteiger partial charge in [-0.05, 0) is 34.8 Å². The molecule has 0 N–H and O–H groups in total. The van der Waals surface area contributed by atoms with Crippen molar-refractivity contribution < 1.29 is 0 Å². The fourth-order valence-corrected chi connectivity index (χ4v) is 1.56. The summed E-state index contributed by atoms with van der Waals surface area (Å²) in [5.41, 5.74) is 0.883. The van der Waals surface area contributed by atoms with Gasteiger partial charge in [0.05, 0.1) is 5.69 Å². The van der Waals surface area contributed by atoms with E-state index in [9.17, 15) is 0 Å². The van der Waals surface area contributed by atoms with E-state index in [1.165, 1.54) is 4.68 Å². The molecule has 6 heteroatoms. The molecular weight excluding hydrogens is 220 g/mol. The molecule has 0 aliphatic carbocycles. The van der Waals surface area contributed by atoms with Crippen LogP contribution in [0.25, 0.3) is 5.69 Å². The quantitative estimate of drug-likeness (QED) is 0.581. The second kappa shape index (κ2) is 3.89. The van der Waals surface area contributed by atoms with Gasteiger partial charge < -0.3 is 0 Å². The van der Waals surface area contributed by atoms with Crippen LogP contribution in [-0.4, -0.2) is 19.8 Å². The third-order valence-corrected chi connectivity index (χ3v) is 2.36. The number of benzene rings is 1. The highest BCUT2D eigenvalue weighted by atomic mass is 35.5. The maximum Gasteiger partial charge on any atom is 0.221 e. The van der Waals surface area contributed by atoms with E-state index in [-0.39, 0.29) is 6.00 Å². The number of halogens is 1. The van der Waals surface area contributed by atoms with Crippen LogP contribution in [0.15, 0.2) is 30.3 Å². The molecule has 1 aromatic heterocycles. The number of tetrazole rings is 1. The summed E-state index contributed by atoms with van der Waals surface area (Å²) in [5.74, 6) is 0. The van der Waals surface area contributed by atoms with E-state index in [0.717, 1.165) is 5.69 Å². The molecule has 0 saturated heterocycles. The summed E-state index contributed by atoms with van der Waals surface area (Å²) >= 11 is 10.7. The van der Waals surface area contributed by atoms with Crippen LogP contribution in [-0.2, 0) is 6.00 Å². The molecule has 0 saturated carbocycles. The molecule has 72 valence electrons. The minimum Gasteiger partial charge on any atom is -0.203 e. The van der Waals surface area contributed by atoms with Crippen molar-refractivity contribution in [2.75, 3.05) is 0 Å². The number of hydrogen-bond donors (Lipinski definition) is 0. The molecule has 2 aromatic rings. The van der Waals surface area contributed by atoms with E-state index < -0.39 is 0 Å². The lowest BCUT2D eigenvalue weighted by Gasteiger charge is -1.97. The van der Waals surface area contributed by atoms with Crippen LogP contribution < -0.4 is 0 Å². The highest BCUT2D eigenvalue weighted by molar-refractivity contribution is 7.71. The normalized spacial score (nSPS) is 10.4. The van der Waals surface area contributed by atoms with Gasteiger partial charge in [0, 0.05) is 0 Å². The van der Waals surface area contributed by atoms with Crippen molar-refractivity contribution in [1.29, 1.82) is 0 Å². The molecule has 0 atom stereocenters. The lowest BCUT2D eigenvalue weighted by atomic mass is 10.3. The van der Waals surface area contributed by atoms with E-state index >= 15 is 0 Å². The molecule has 0 spiro atoms. The van der Waals surface area contributed by atoms with Crippen LogP contribution in [0.4, 0.5) is 0 Å². The minimum absolute atomic E-state index is 0.214. The fraction of sp³-hybridized carbons (Fsp3) is 0.125. The SMILES string of the molecule is S=c1n(CCl)nnn1-c1ccccc1. The van der Waals surface area contributed by atoms with Crippen molar-refractivity contribution in [3.63, 3.8) is 0 Å². The lowest BCUT2D eigenvalue weighted by molar-refractivity contribution is 0.683. The van der Waals surface area contributed by atoms with Gasteiger partial charge in [0.2, 0.25) is 4.77 Å². The molecular formula is C8H7ClN4S. The number of para-hydroxylation sites is 1. The topological polar surface area (TPSA) is 35.6 Å². The van der Waals surface area contributed by atoms with Crippen molar-refractivity contribution in [3.05, 3.63) is 35.1 Å². The molecule has 0 amide bonds. The van der Waals surface area contributed by atoms with Crippen LogP contribution in [0, 0.1) is 4.77 Å². The molecule has 0 aliphatic rings. The summed E-state index contributed by atoms with van der Waals surface area (Å²) in [6, 6.07) is 9.78. The molecule has 4 nitrogen and oxygen atoms in total. The number of nitrogens with zero attached hydrogens (tertiary/aromatic N) is 4. The Morgan fingerprint density at radius 3 is 2.50 bits per heavy atom. The molecule has 2 rings (SSSR count). The van der Waals surface area contributed by atoms with Gasteiger partial charge in [0.1, 0.15) is 6.00 Å². The largest absolute Gasteiger partial charge is 0.221 e. The summed E-state index contributed by atoms with van der Waals surface area (Å²) in [4.78, 5) is 0. The van der Waals surface area contributed by atoms with E-state index in [0.29, 0.717) is 4.77 Å². The van der Waals surface area contributed by atoms with Gasteiger partial charge in [0.15, 0.2) is 0 Å². The molecule has 0 radical (unpaired) electrons. The van der Waals surface area contributed by atoms with E-state index in [1.54, 1.807) is 4.68 Å². The Hall–Kier alpha value is -1.20. The third kappa shape index (κ3) is 1.56. The summed E-state index contributed by atoms with van der Waals surface area (Å²) in [6.07, 6.45) is 0. The fourth-order valence-electron chi connectivity index (χ4n) is 1.08. The zero-order valence-corrected chi connectivity index (χ0v) is 8.74. The zero-order chi connectivity index (χ0) is 9.97. The van der Waals surface area contributed by atoms with E-state index in [1.807, 2.05) is 30.3 Å². The summed E-state index contributed by atoms with van der Waals surface area (Å²) in [7, 11) is 0. The summed E-state index contributed by atoms with van der Waals surface area (Å²) < 4.78 is 3.51. The predicted octanol–water partition coefficient (Wildman–Crippen LogP) is 1.99. The smallest absolute Gasteiger partial charge is 0.203 e. The van der Waals surface area contributed by atoms with Crippen molar-refractivity contribution in [2.24, 2.45) is 0 Å². The predicted molar refractivity (Wildman–Crippen MR) is 56.0 cm³/mol. The highest BCUT2D eigenvalue weighted by Crippen LogP contribution is 2.05. The molecule has 1 heterocycles. The molecule has 0 bridgehead atoms. The van der Waals surface area contributed by atoms with Crippen LogP contribution in [0.1, 0.15) is 0 Å². The van der Waals surface area contributed by atoms with E-state index in [2.05, 4.69) is 10.4 Å². The molecule has 1 aromatic carbocycles. The van der Waals surface area contributed by atoms with Crippen molar-refractivity contribution in [3.8, 4) is 5.69 Å². The van der Waals surface area contributed by atoms with Gasteiger partial charge in [-0.2, -0.15) is 4.68 Å². The van der Waals surface area contributed by atoms with Crippen LogP contribution >= 0.6 is 23.8 Å².